The number of nitrogens with zero attached hydrogens (tertiary/aromatic N) is 1. The van der Waals surface area contributed by atoms with Crippen LogP contribution in [0.15, 0.2) is 60.8 Å². The number of guanidine groups is 1. The van der Waals surface area contributed by atoms with Gasteiger partial charge in [0.15, 0.2) is 5.96 Å². The number of nitrogens with one attached hydrogen (secondary N) is 3. The van der Waals surface area contributed by atoms with Crippen LogP contribution in [0.25, 0.3) is 11.1 Å². The van der Waals surface area contributed by atoms with Crippen LogP contribution in [0, 0.1) is 11.2 Å². The Kier molecular flexibility index (Phi) is 6.06. The highest BCUT2D eigenvalue weighted by Crippen LogP contribution is 2.28. The SMILES string of the molecule is COc1cccc(OC)c1CNC(=N)Nc1ncccc1-c1ccc(F)cc1. The van der Waals surface area contributed by atoms with E-state index in [1.165, 1.54) is 12.1 Å². The molecule has 0 aliphatic heterocycles. The van der Waals surface area contributed by atoms with Gasteiger partial charge in [-0.1, -0.05) is 18.2 Å². The van der Waals surface area contributed by atoms with Gasteiger partial charge >= 0.3 is 0 Å². The standard InChI is InChI=1S/C21H21FN4O2/c1-27-18-6-3-7-19(28-2)17(18)13-25-21(23)26-20-16(5-4-12-24-20)14-8-10-15(22)11-9-14/h3-12H,13H2,1-2H3,(H3,23,24,25,26). The first kappa shape index (κ1) is 19.2. The van der Waals surface area contributed by atoms with E-state index in [-0.39, 0.29) is 11.8 Å². The quantitative estimate of drug-likeness (QED) is 0.444. The van der Waals surface area contributed by atoms with Crippen LogP contribution in [0.4, 0.5) is 10.2 Å². The minimum Gasteiger partial charge on any atom is -0.496 e. The zero-order chi connectivity index (χ0) is 19.9. The highest BCUT2D eigenvalue weighted by Gasteiger charge is 2.12. The molecule has 0 radical (unpaired) electrons. The first-order chi connectivity index (χ1) is 13.6. The van der Waals surface area contributed by atoms with Crippen molar-refractivity contribution in [3.63, 3.8) is 0 Å². The molecule has 0 aliphatic rings. The summed E-state index contributed by atoms with van der Waals surface area (Å²) in [6.07, 6.45) is 1.63. The molecule has 1 aromatic heterocycles. The molecule has 3 aromatic rings. The lowest BCUT2D eigenvalue weighted by molar-refractivity contribution is 0.384. The number of aromatic nitrogens is 1. The van der Waals surface area contributed by atoms with Gasteiger partial charge in [-0.3, -0.25) is 5.41 Å². The van der Waals surface area contributed by atoms with E-state index in [4.69, 9.17) is 14.9 Å². The Morgan fingerprint density at radius 1 is 1.00 bits per heavy atom. The molecule has 1 heterocycles. The van der Waals surface area contributed by atoms with Gasteiger partial charge in [0.1, 0.15) is 23.1 Å². The number of hydrogen-bond donors (Lipinski definition) is 3. The molecule has 3 N–H and O–H groups in total. The highest BCUT2D eigenvalue weighted by molar-refractivity contribution is 5.94. The summed E-state index contributed by atoms with van der Waals surface area (Å²) < 4.78 is 23.9. The number of anilines is 1. The maximum atomic E-state index is 13.2. The van der Waals surface area contributed by atoms with Crippen molar-refractivity contribution in [1.29, 1.82) is 5.41 Å². The number of halogens is 1. The number of benzene rings is 2. The second kappa shape index (κ2) is 8.85. The van der Waals surface area contributed by atoms with Crippen molar-refractivity contribution < 1.29 is 13.9 Å². The topological polar surface area (TPSA) is 79.3 Å². The van der Waals surface area contributed by atoms with Crippen LogP contribution in [-0.2, 0) is 6.54 Å². The van der Waals surface area contributed by atoms with Crippen LogP contribution in [0.1, 0.15) is 5.56 Å². The summed E-state index contributed by atoms with van der Waals surface area (Å²) in [5.74, 6) is 1.60. The first-order valence-corrected chi connectivity index (χ1v) is 8.62. The minimum atomic E-state index is -0.303. The number of ether oxygens (including phenoxy) is 2. The summed E-state index contributed by atoms with van der Waals surface area (Å²) >= 11 is 0. The number of hydrogen-bond acceptors (Lipinski definition) is 4. The summed E-state index contributed by atoms with van der Waals surface area (Å²) in [6, 6.07) is 15.3. The largest absolute Gasteiger partial charge is 0.496 e. The monoisotopic (exact) mass is 380 g/mol. The van der Waals surface area contributed by atoms with Gasteiger partial charge in [-0.15, -0.1) is 0 Å². The Balaban J connectivity index is 1.74. The van der Waals surface area contributed by atoms with E-state index < -0.39 is 0 Å². The molecular formula is C21H21FN4O2. The van der Waals surface area contributed by atoms with Gasteiger partial charge in [-0.05, 0) is 42.0 Å². The fourth-order valence-electron chi connectivity index (χ4n) is 2.81. The molecule has 2 aromatic carbocycles. The van der Waals surface area contributed by atoms with Gasteiger partial charge in [0.2, 0.25) is 0 Å². The average molecular weight is 380 g/mol. The number of methoxy groups -OCH3 is 2. The Morgan fingerprint density at radius 2 is 1.68 bits per heavy atom. The number of pyridine rings is 1. The van der Waals surface area contributed by atoms with Crippen LogP contribution < -0.4 is 20.1 Å². The van der Waals surface area contributed by atoms with Crippen molar-refractivity contribution in [1.82, 2.24) is 10.3 Å². The molecule has 6 nitrogen and oxygen atoms in total. The second-order valence-corrected chi connectivity index (χ2v) is 5.90. The Bertz CT molecular complexity index is 939. The predicted molar refractivity (Wildman–Crippen MR) is 107 cm³/mol. The maximum Gasteiger partial charge on any atom is 0.194 e. The summed E-state index contributed by atoms with van der Waals surface area (Å²) in [6.45, 7) is 0.331. The van der Waals surface area contributed by atoms with Gasteiger partial charge < -0.3 is 20.1 Å². The van der Waals surface area contributed by atoms with E-state index >= 15 is 0 Å². The Labute approximate surface area is 162 Å². The molecule has 0 bridgehead atoms. The average Bonchev–Trinajstić information content (AvgIpc) is 2.73. The normalized spacial score (nSPS) is 10.2. The molecule has 0 amide bonds. The maximum absolute atomic E-state index is 13.2. The van der Waals surface area contributed by atoms with Crippen LogP contribution >= 0.6 is 0 Å². The lowest BCUT2D eigenvalue weighted by atomic mass is 10.1. The molecule has 0 aliphatic carbocycles. The van der Waals surface area contributed by atoms with E-state index in [2.05, 4.69) is 15.6 Å². The summed E-state index contributed by atoms with van der Waals surface area (Å²) in [5.41, 5.74) is 2.37. The lowest BCUT2D eigenvalue weighted by Crippen LogP contribution is -2.30. The molecule has 0 spiro atoms. The summed E-state index contributed by atoms with van der Waals surface area (Å²) in [7, 11) is 3.18. The van der Waals surface area contributed by atoms with Crippen molar-refractivity contribution in [3.05, 3.63) is 72.2 Å². The van der Waals surface area contributed by atoms with Crippen LogP contribution in [0.5, 0.6) is 11.5 Å². The third-order valence-corrected chi connectivity index (χ3v) is 4.18. The second-order valence-electron chi connectivity index (χ2n) is 5.90. The van der Waals surface area contributed by atoms with E-state index in [0.717, 1.165) is 16.7 Å². The molecule has 0 saturated carbocycles. The van der Waals surface area contributed by atoms with Crippen LogP contribution in [0.3, 0.4) is 0 Å². The smallest absolute Gasteiger partial charge is 0.194 e. The molecule has 28 heavy (non-hydrogen) atoms. The Hall–Kier alpha value is -3.61. The molecule has 0 saturated heterocycles. The molecule has 144 valence electrons. The summed E-state index contributed by atoms with van der Waals surface area (Å²) in [4.78, 5) is 4.30. The first-order valence-electron chi connectivity index (χ1n) is 8.62. The highest BCUT2D eigenvalue weighted by atomic mass is 19.1. The third-order valence-electron chi connectivity index (χ3n) is 4.18. The zero-order valence-corrected chi connectivity index (χ0v) is 15.6. The van der Waals surface area contributed by atoms with Crippen LogP contribution in [-0.4, -0.2) is 25.2 Å². The molecule has 3 rings (SSSR count). The fraction of sp³-hybridized carbons (Fsp3) is 0.143. The zero-order valence-electron chi connectivity index (χ0n) is 15.6. The van der Waals surface area contributed by atoms with Gasteiger partial charge in [-0.2, -0.15) is 0 Å². The predicted octanol–water partition coefficient (Wildman–Crippen LogP) is 4.04. The number of rotatable bonds is 6. The van der Waals surface area contributed by atoms with Gasteiger partial charge in [0.05, 0.1) is 26.3 Å². The van der Waals surface area contributed by atoms with Crippen molar-refractivity contribution in [2.45, 2.75) is 6.54 Å². The lowest BCUT2D eigenvalue weighted by Gasteiger charge is -2.16. The van der Waals surface area contributed by atoms with Gasteiger partial charge in [-0.25, -0.2) is 9.37 Å². The van der Waals surface area contributed by atoms with Gasteiger partial charge in [0, 0.05) is 11.8 Å². The molecule has 0 unspecified atom stereocenters. The van der Waals surface area contributed by atoms with Crippen LogP contribution in [0.2, 0.25) is 0 Å². The van der Waals surface area contributed by atoms with Gasteiger partial charge in [0.25, 0.3) is 0 Å². The Morgan fingerprint density at radius 3 is 2.32 bits per heavy atom. The van der Waals surface area contributed by atoms with E-state index in [1.54, 1.807) is 38.6 Å². The molecule has 0 fully saturated rings. The third kappa shape index (κ3) is 4.37. The molecular weight excluding hydrogens is 359 g/mol. The summed E-state index contributed by atoms with van der Waals surface area (Å²) in [5, 5.41) is 14.2. The van der Waals surface area contributed by atoms with Crippen molar-refractivity contribution >= 4 is 11.8 Å². The van der Waals surface area contributed by atoms with Crippen molar-refractivity contribution in [2.24, 2.45) is 0 Å². The molecule has 7 heteroatoms. The van der Waals surface area contributed by atoms with E-state index in [1.807, 2.05) is 24.3 Å². The fourth-order valence-corrected chi connectivity index (χ4v) is 2.81. The minimum absolute atomic E-state index is 0.0648. The molecule has 0 atom stereocenters. The van der Waals surface area contributed by atoms with E-state index in [9.17, 15) is 4.39 Å². The van der Waals surface area contributed by atoms with Crippen molar-refractivity contribution in [2.75, 3.05) is 19.5 Å². The van der Waals surface area contributed by atoms with E-state index in [0.29, 0.717) is 23.9 Å². The van der Waals surface area contributed by atoms with Crippen molar-refractivity contribution in [3.8, 4) is 22.6 Å².